The number of tetrazole rings is 1. The first kappa shape index (κ1) is 18.4. The number of hydrogen-bond acceptors (Lipinski definition) is 8. The van der Waals surface area contributed by atoms with Gasteiger partial charge in [0.05, 0.1) is 0 Å². The van der Waals surface area contributed by atoms with Gasteiger partial charge < -0.3 is 10.1 Å². The van der Waals surface area contributed by atoms with Crippen LogP contribution in [0.2, 0.25) is 0 Å². The molecule has 0 spiro atoms. The van der Waals surface area contributed by atoms with Crippen molar-refractivity contribution in [2.75, 3.05) is 11.9 Å². The number of rotatable bonds is 7. The monoisotopic (exact) mass is 385 g/mol. The number of ether oxygens (including phenoxy) is 1. The fourth-order valence-electron chi connectivity index (χ4n) is 2.15. The summed E-state index contributed by atoms with van der Waals surface area (Å²) in [6.45, 7) is 0.752. The maximum atomic E-state index is 12.1. The van der Waals surface area contributed by atoms with Crippen LogP contribution in [0.25, 0.3) is 11.4 Å². The summed E-state index contributed by atoms with van der Waals surface area (Å²) in [7, 11) is 0. The van der Waals surface area contributed by atoms with Gasteiger partial charge in [0.2, 0.25) is 11.7 Å². The molecule has 1 aromatic carbocycles. The molecule has 9 nitrogen and oxygen atoms in total. The second-order valence-corrected chi connectivity index (χ2v) is 6.28. The molecule has 1 N–H and O–H groups in total. The van der Waals surface area contributed by atoms with Crippen LogP contribution in [0.5, 0.6) is 0 Å². The average molecular weight is 385 g/mol. The molecule has 3 rings (SSSR count). The molecule has 0 unspecified atom stereocenters. The van der Waals surface area contributed by atoms with E-state index in [4.69, 9.17) is 4.74 Å². The maximum Gasteiger partial charge on any atom is 0.330 e. The van der Waals surface area contributed by atoms with E-state index >= 15 is 0 Å². The summed E-state index contributed by atoms with van der Waals surface area (Å²) in [6.07, 6.45) is 0. The van der Waals surface area contributed by atoms with Gasteiger partial charge in [0.15, 0.2) is 18.9 Å². The highest BCUT2D eigenvalue weighted by atomic mass is 32.1. The predicted octanol–water partition coefficient (Wildman–Crippen LogP) is 1.79. The van der Waals surface area contributed by atoms with E-state index in [1.807, 2.05) is 16.8 Å². The Morgan fingerprint density at radius 3 is 2.63 bits per heavy atom. The van der Waals surface area contributed by atoms with Gasteiger partial charge in [-0.15, -0.1) is 10.2 Å². The molecule has 2 aromatic heterocycles. The van der Waals surface area contributed by atoms with Crippen LogP contribution in [-0.2, 0) is 20.9 Å². The molecule has 0 aliphatic carbocycles. The number of carbonyl (C=O) groups excluding carboxylic acids is 3. The largest absolute Gasteiger partial charge is 0.456 e. The lowest BCUT2D eigenvalue weighted by Crippen LogP contribution is -2.19. The number of thiophene rings is 1. The number of hydrogen-bond donors (Lipinski definition) is 1. The van der Waals surface area contributed by atoms with Crippen molar-refractivity contribution in [3.8, 4) is 11.4 Å². The first-order valence-electron chi connectivity index (χ1n) is 7.88. The van der Waals surface area contributed by atoms with Gasteiger partial charge in [-0.05, 0) is 40.9 Å². The second-order valence-electron chi connectivity index (χ2n) is 5.50. The van der Waals surface area contributed by atoms with Gasteiger partial charge in [0.25, 0.3) is 0 Å². The molecule has 0 saturated heterocycles. The van der Waals surface area contributed by atoms with Gasteiger partial charge in [0, 0.05) is 29.1 Å². The summed E-state index contributed by atoms with van der Waals surface area (Å²) in [5, 5.41) is 18.1. The van der Waals surface area contributed by atoms with E-state index in [1.165, 1.54) is 18.3 Å². The van der Waals surface area contributed by atoms with E-state index in [-0.39, 0.29) is 18.2 Å². The second kappa shape index (κ2) is 8.32. The highest BCUT2D eigenvalue weighted by Gasteiger charge is 2.13. The number of ketones is 1. The Bertz CT molecular complexity index is 950. The number of anilines is 1. The first-order valence-corrected chi connectivity index (χ1v) is 8.82. The van der Waals surface area contributed by atoms with Crippen molar-refractivity contribution < 1.29 is 19.1 Å². The summed E-state index contributed by atoms with van der Waals surface area (Å²) in [4.78, 5) is 36.0. The van der Waals surface area contributed by atoms with Crippen LogP contribution in [0, 0.1) is 0 Å². The molecule has 0 atom stereocenters. The van der Waals surface area contributed by atoms with Crippen LogP contribution >= 0.6 is 11.3 Å². The minimum atomic E-state index is -0.646. The Labute approximate surface area is 158 Å². The summed E-state index contributed by atoms with van der Waals surface area (Å²) >= 11 is 1.50. The van der Waals surface area contributed by atoms with Gasteiger partial charge in [-0.3, -0.25) is 9.59 Å². The van der Waals surface area contributed by atoms with Gasteiger partial charge in [-0.2, -0.15) is 16.1 Å². The standard InChI is InChI=1S/C17H15N5O4S/c1-11(23)18-14-4-2-12(3-5-14)15(24)9-26-16(25)8-22-20-17(19-21-22)13-6-7-27-10-13/h2-7,10H,8-9H2,1H3,(H,18,23). The van der Waals surface area contributed by atoms with Crippen molar-refractivity contribution in [1.29, 1.82) is 0 Å². The first-order chi connectivity index (χ1) is 13.0. The van der Waals surface area contributed by atoms with Crippen LogP contribution in [0.1, 0.15) is 17.3 Å². The van der Waals surface area contributed by atoms with Crippen LogP contribution in [0.3, 0.4) is 0 Å². The normalized spacial score (nSPS) is 10.4. The third kappa shape index (κ3) is 5.05. The van der Waals surface area contributed by atoms with Crippen LogP contribution < -0.4 is 5.32 Å². The van der Waals surface area contributed by atoms with Crippen LogP contribution in [0.15, 0.2) is 41.1 Å². The summed E-state index contributed by atoms with van der Waals surface area (Å²) < 4.78 is 4.97. The maximum absolute atomic E-state index is 12.1. The highest BCUT2D eigenvalue weighted by molar-refractivity contribution is 7.08. The van der Waals surface area contributed by atoms with Crippen molar-refractivity contribution in [1.82, 2.24) is 20.2 Å². The van der Waals surface area contributed by atoms with Gasteiger partial charge in [0.1, 0.15) is 0 Å². The average Bonchev–Trinajstić information content (AvgIpc) is 3.31. The van der Waals surface area contributed by atoms with Crippen molar-refractivity contribution >= 4 is 34.7 Å². The predicted molar refractivity (Wildman–Crippen MR) is 97.2 cm³/mol. The molecule has 2 heterocycles. The smallest absolute Gasteiger partial charge is 0.330 e. The number of nitrogens with one attached hydrogen (secondary N) is 1. The minimum Gasteiger partial charge on any atom is -0.456 e. The highest BCUT2D eigenvalue weighted by Crippen LogP contribution is 2.16. The van der Waals surface area contributed by atoms with E-state index in [2.05, 4.69) is 20.7 Å². The molecule has 0 aliphatic rings. The summed E-state index contributed by atoms with van der Waals surface area (Å²) in [5.41, 5.74) is 1.77. The van der Waals surface area contributed by atoms with E-state index < -0.39 is 12.6 Å². The molecule has 0 aliphatic heterocycles. The third-order valence-electron chi connectivity index (χ3n) is 3.39. The molecule has 3 aromatic rings. The Hall–Kier alpha value is -3.40. The van der Waals surface area contributed by atoms with E-state index in [0.717, 1.165) is 10.4 Å². The SMILES string of the molecule is CC(=O)Nc1ccc(C(=O)COC(=O)Cn2nnc(-c3ccsc3)n2)cc1. The molecule has 0 bridgehead atoms. The number of esters is 1. The van der Waals surface area contributed by atoms with E-state index in [0.29, 0.717) is 17.1 Å². The minimum absolute atomic E-state index is 0.202. The fraction of sp³-hybridized carbons (Fsp3) is 0.176. The number of aromatic nitrogens is 4. The summed E-state index contributed by atoms with van der Waals surface area (Å²) in [5.74, 6) is -0.790. The number of Topliss-reactive ketones (excluding diaryl/α,β-unsaturated/α-hetero) is 1. The lowest BCUT2D eigenvalue weighted by Gasteiger charge is -2.05. The van der Waals surface area contributed by atoms with Crippen molar-refractivity contribution in [3.63, 3.8) is 0 Å². The molecule has 27 heavy (non-hydrogen) atoms. The molecule has 10 heteroatoms. The lowest BCUT2D eigenvalue weighted by molar-refractivity contribution is -0.143. The van der Waals surface area contributed by atoms with E-state index in [9.17, 15) is 14.4 Å². The molecular formula is C17H15N5O4S. The van der Waals surface area contributed by atoms with Crippen molar-refractivity contribution in [2.24, 2.45) is 0 Å². The van der Waals surface area contributed by atoms with E-state index in [1.54, 1.807) is 24.3 Å². The number of amides is 1. The number of nitrogens with zero attached hydrogens (tertiary/aromatic N) is 4. The lowest BCUT2D eigenvalue weighted by atomic mass is 10.1. The molecule has 0 radical (unpaired) electrons. The molecular weight excluding hydrogens is 370 g/mol. The van der Waals surface area contributed by atoms with Gasteiger partial charge in [-0.25, -0.2) is 4.79 Å². The Morgan fingerprint density at radius 2 is 1.96 bits per heavy atom. The molecule has 138 valence electrons. The Morgan fingerprint density at radius 1 is 1.19 bits per heavy atom. The molecule has 0 fully saturated rings. The van der Waals surface area contributed by atoms with Crippen molar-refractivity contribution in [3.05, 3.63) is 46.7 Å². The Balaban J connectivity index is 1.50. The summed E-state index contributed by atoms with van der Waals surface area (Å²) in [6, 6.07) is 8.14. The number of carbonyl (C=O) groups is 3. The fourth-order valence-corrected chi connectivity index (χ4v) is 2.79. The Kier molecular flexibility index (Phi) is 5.67. The quantitative estimate of drug-likeness (QED) is 0.487. The molecule has 1 amide bonds. The molecule has 0 saturated carbocycles. The third-order valence-corrected chi connectivity index (χ3v) is 4.08. The van der Waals surface area contributed by atoms with Crippen molar-refractivity contribution in [2.45, 2.75) is 13.5 Å². The number of benzene rings is 1. The van der Waals surface area contributed by atoms with Crippen LogP contribution in [-0.4, -0.2) is 44.5 Å². The zero-order valence-electron chi connectivity index (χ0n) is 14.3. The zero-order chi connectivity index (χ0) is 19.2. The zero-order valence-corrected chi connectivity index (χ0v) is 15.1. The van der Waals surface area contributed by atoms with Crippen LogP contribution in [0.4, 0.5) is 5.69 Å². The van der Waals surface area contributed by atoms with Gasteiger partial charge in [-0.1, -0.05) is 0 Å². The topological polar surface area (TPSA) is 116 Å². The van der Waals surface area contributed by atoms with Gasteiger partial charge >= 0.3 is 5.97 Å².